The van der Waals surface area contributed by atoms with Crippen LogP contribution in [0.15, 0.2) is 11.0 Å². The van der Waals surface area contributed by atoms with Crippen LogP contribution >= 0.6 is 11.6 Å². The summed E-state index contributed by atoms with van der Waals surface area (Å²) in [5.74, 6) is 1.59. The first kappa shape index (κ1) is 14.4. The van der Waals surface area contributed by atoms with Gasteiger partial charge in [0, 0.05) is 13.6 Å². The fraction of sp³-hybridized carbons (Fsp3) is 0.714. The molecule has 0 radical (unpaired) electrons. The van der Waals surface area contributed by atoms with Crippen molar-refractivity contribution in [3.05, 3.63) is 21.6 Å². The van der Waals surface area contributed by atoms with Gasteiger partial charge in [0.2, 0.25) is 0 Å². The molecule has 0 atom stereocenters. The smallest absolute Gasteiger partial charge is 0.287 e. The topological polar surface area (TPSA) is 46.9 Å². The zero-order valence-electron chi connectivity index (χ0n) is 11.7. The molecule has 106 valence electrons. The van der Waals surface area contributed by atoms with Gasteiger partial charge >= 0.3 is 0 Å². The van der Waals surface area contributed by atoms with Crippen LogP contribution < -0.4 is 10.9 Å². The van der Waals surface area contributed by atoms with E-state index in [1.807, 2.05) is 0 Å². The van der Waals surface area contributed by atoms with Crippen molar-refractivity contribution in [2.24, 2.45) is 18.9 Å². The summed E-state index contributed by atoms with van der Waals surface area (Å²) in [6, 6.07) is 0. The average molecular weight is 284 g/mol. The fourth-order valence-corrected chi connectivity index (χ4v) is 2.97. The standard InChI is InChI=1S/C14H22ClN3O/c1-3-10-4-6-11(7-5-10)8-16-12-9-17-18(2)14(19)13(12)15/h9-11,16H,3-8H2,1-2H3. The molecule has 1 aliphatic carbocycles. The van der Waals surface area contributed by atoms with E-state index in [0.717, 1.165) is 12.5 Å². The number of nitrogens with one attached hydrogen (secondary N) is 1. The molecule has 0 amide bonds. The first-order valence-corrected chi connectivity index (χ1v) is 7.45. The van der Waals surface area contributed by atoms with Crippen LogP contribution in [-0.4, -0.2) is 16.3 Å². The van der Waals surface area contributed by atoms with Crippen molar-refractivity contribution >= 4 is 17.3 Å². The molecule has 1 N–H and O–H groups in total. The quantitative estimate of drug-likeness (QED) is 0.924. The molecule has 2 rings (SSSR count). The number of aromatic nitrogens is 2. The minimum atomic E-state index is -0.249. The summed E-state index contributed by atoms with van der Waals surface area (Å²) in [5.41, 5.74) is 0.406. The van der Waals surface area contributed by atoms with Crippen LogP contribution in [0.2, 0.25) is 5.02 Å². The maximum absolute atomic E-state index is 11.7. The maximum atomic E-state index is 11.7. The molecule has 5 heteroatoms. The summed E-state index contributed by atoms with van der Waals surface area (Å²) in [7, 11) is 1.60. The number of anilines is 1. The summed E-state index contributed by atoms with van der Waals surface area (Å²) in [6.45, 7) is 3.15. The minimum absolute atomic E-state index is 0.236. The van der Waals surface area contributed by atoms with E-state index >= 15 is 0 Å². The van der Waals surface area contributed by atoms with Crippen LogP contribution in [0.3, 0.4) is 0 Å². The van der Waals surface area contributed by atoms with Crippen LogP contribution in [-0.2, 0) is 7.05 Å². The van der Waals surface area contributed by atoms with E-state index in [4.69, 9.17) is 11.6 Å². The van der Waals surface area contributed by atoms with Crippen molar-refractivity contribution in [1.29, 1.82) is 0 Å². The van der Waals surface area contributed by atoms with Crippen LogP contribution in [0, 0.1) is 11.8 Å². The lowest BCUT2D eigenvalue weighted by Gasteiger charge is -2.28. The summed E-state index contributed by atoms with van der Waals surface area (Å²) in [6.07, 6.45) is 8.10. The number of hydrogen-bond acceptors (Lipinski definition) is 3. The Labute approximate surface area is 119 Å². The second-order valence-corrected chi connectivity index (χ2v) is 5.85. The maximum Gasteiger partial charge on any atom is 0.287 e. The molecule has 19 heavy (non-hydrogen) atoms. The molecule has 1 saturated carbocycles. The summed E-state index contributed by atoms with van der Waals surface area (Å²) < 4.78 is 1.25. The van der Waals surface area contributed by atoms with Gasteiger partial charge < -0.3 is 5.32 Å². The summed E-state index contributed by atoms with van der Waals surface area (Å²) in [4.78, 5) is 11.7. The zero-order chi connectivity index (χ0) is 13.8. The lowest BCUT2D eigenvalue weighted by atomic mass is 9.81. The van der Waals surface area contributed by atoms with Crippen LogP contribution in [0.4, 0.5) is 5.69 Å². The predicted molar refractivity (Wildman–Crippen MR) is 78.7 cm³/mol. The molecule has 1 fully saturated rings. The Morgan fingerprint density at radius 3 is 2.63 bits per heavy atom. The molecule has 0 spiro atoms. The molecule has 1 aromatic heterocycles. The largest absolute Gasteiger partial charge is 0.382 e. The summed E-state index contributed by atoms with van der Waals surface area (Å²) in [5, 5.41) is 7.50. The third-order valence-electron chi connectivity index (χ3n) is 4.20. The van der Waals surface area contributed by atoms with E-state index in [0.29, 0.717) is 11.6 Å². The van der Waals surface area contributed by atoms with Crippen LogP contribution in [0.25, 0.3) is 0 Å². The molecule has 0 aliphatic heterocycles. The lowest BCUT2D eigenvalue weighted by Crippen LogP contribution is -2.24. The first-order chi connectivity index (χ1) is 9.11. The van der Waals surface area contributed by atoms with Crippen molar-refractivity contribution in [3.8, 4) is 0 Å². The van der Waals surface area contributed by atoms with Gasteiger partial charge in [-0.15, -0.1) is 0 Å². The number of rotatable bonds is 4. The molecule has 0 saturated heterocycles. The van der Waals surface area contributed by atoms with E-state index in [2.05, 4.69) is 17.3 Å². The van der Waals surface area contributed by atoms with E-state index in [9.17, 15) is 4.79 Å². The van der Waals surface area contributed by atoms with Crippen molar-refractivity contribution in [2.75, 3.05) is 11.9 Å². The number of halogens is 1. The Balaban J connectivity index is 1.90. The molecule has 0 aromatic carbocycles. The van der Waals surface area contributed by atoms with Gasteiger partial charge in [-0.2, -0.15) is 5.10 Å². The monoisotopic (exact) mass is 283 g/mol. The highest BCUT2D eigenvalue weighted by molar-refractivity contribution is 6.32. The highest BCUT2D eigenvalue weighted by atomic mass is 35.5. The molecular weight excluding hydrogens is 262 g/mol. The van der Waals surface area contributed by atoms with E-state index < -0.39 is 0 Å². The van der Waals surface area contributed by atoms with Crippen molar-refractivity contribution in [2.45, 2.75) is 39.0 Å². The Morgan fingerprint density at radius 1 is 1.37 bits per heavy atom. The molecular formula is C14H22ClN3O. The number of hydrogen-bond donors (Lipinski definition) is 1. The van der Waals surface area contributed by atoms with Crippen LogP contribution in [0.5, 0.6) is 0 Å². The van der Waals surface area contributed by atoms with E-state index in [1.54, 1.807) is 13.2 Å². The predicted octanol–water partition coefficient (Wildman–Crippen LogP) is 3.06. The van der Waals surface area contributed by atoms with Gasteiger partial charge in [-0.1, -0.05) is 37.8 Å². The highest BCUT2D eigenvalue weighted by Gasteiger charge is 2.20. The molecule has 0 unspecified atom stereocenters. The van der Waals surface area contributed by atoms with Gasteiger partial charge in [0.15, 0.2) is 0 Å². The van der Waals surface area contributed by atoms with E-state index in [1.165, 1.54) is 36.8 Å². The third-order valence-corrected chi connectivity index (χ3v) is 4.57. The number of aryl methyl sites for hydroxylation is 1. The van der Waals surface area contributed by atoms with Gasteiger partial charge in [-0.3, -0.25) is 4.79 Å². The third kappa shape index (κ3) is 3.50. The van der Waals surface area contributed by atoms with Crippen molar-refractivity contribution in [1.82, 2.24) is 9.78 Å². The Kier molecular flexibility index (Phi) is 4.86. The second-order valence-electron chi connectivity index (χ2n) is 5.48. The van der Waals surface area contributed by atoms with Crippen molar-refractivity contribution < 1.29 is 0 Å². The molecule has 1 aromatic rings. The van der Waals surface area contributed by atoms with Gasteiger partial charge in [0.1, 0.15) is 5.02 Å². The lowest BCUT2D eigenvalue weighted by molar-refractivity contribution is 0.278. The molecule has 1 aliphatic rings. The first-order valence-electron chi connectivity index (χ1n) is 7.07. The molecule has 1 heterocycles. The number of nitrogens with zero attached hydrogens (tertiary/aromatic N) is 2. The minimum Gasteiger partial charge on any atom is -0.382 e. The summed E-state index contributed by atoms with van der Waals surface area (Å²) >= 11 is 6.03. The second kappa shape index (κ2) is 6.42. The van der Waals surface area contributed by atoms with Gasteiger partial charge in [0.25, 0.3) is 5.56 Å². The van der Waals surface area contributed by atoms with Crippen molar-refractivity contribution in [3.63, 3.8) is 0 Å². The molecule has 0 bridgehead atoms. The average Bonchev–Trinajstić information content (AvgIpc) is 2.45. The molecule has 4 nitrogen and oxygen atoms in total. The SMILES string of the molecule is CCC1CCC(CNc2cnn(C)c(=O)c2Cl)CC1. The Bertz CT molecular complexity index is 478. The Morgan fingerprint density at radius 2 is 2.00 bits per heavy atom. The fourth-order valence-electron chi connectivity index (χ4n) is 2.73. The van der Waals surface area contributed by atoms with Gasteiger partial charge in [-0.05, 0) is 24.7 Å². The van der Waals surface area contributed by atoms with Crippen LogP contribution in [0.1, 0.15) is 39.0 Å². The van der Waals surface area contributed by atoms with E-state index in [-0.39, 0.29) is 10.6 Å². The van der Waals surface area contributed by atoms with Gasteiger partial charge in [0.05, 0.1) is 11.9 Å². The zero-order valence-corrected chi connectivity index (χ0v) is 12.4. The highest BCUT2D eigenvalue weighted by Crippen LogP contribution is 2.30. The Hall–Kier alpha value is -1.03. The normalized spacial score (nSPS) is 23.3. The van der Waals surface area contributed by atoms with Gasteiger partial charge in [-0.25, -0.2) is 4.68 Å².